The monoisotopic (exact) mass is 462 g/mol. The molecular formula is C23H34N4O2S2. The van der Waals surface area contributed by atoms with Crippen molar-refractivity contribution in [1.29, 1.82) is 0 Å². The molecule has 0 atom stereocenters. The Kier molecular flexibility index (Phi) is 6.55. The lowest BCUT2D eigenvalue weighted by Gasteiger charge is -2.46. The Morgan fingerprint density at radius 2 is 1.94 bits per heavy atom. The third kappa shape index (κ3) is 6.78. The highest BCUT2D eigenvalue weighted by Crippen LogP contribution is 2.54. The van der Waals surface area contributed by atoms with Crippen molar-refractivity contribution >= 4 is 32.0 Å². The van der Waals surface area contributed by atoms with Crippen molar-refractivity contribution in [3.63, 3.8) is 0 Å². The van der Waals surface area contributed by atoms with Gasteiger partial charge >= 0.3 is 0 Å². The van der Waals surface area contributed by atoms with Crippen LogP contribution in [-0.4, -0.2) is 73.1 Å². The first-order valence-corrected chi connectivity index (χ1v) is 15.6. The molecule has 0 amide bonds. The number of thiol groups is 1. The first-order chi connectivity index (χ1) is 14.3. The lowest BCUT2D eigenvalue weighted by atomic mass is 10.1. The second kappa shape index (κ2) is 8.55. The van der Waals surface area contributed by atoms with Crippen LogP contribution in [0, 0.1) is 11.8 Å². The van der Waals surface area contributed by atoms with Crippen molar-refractivity contribution in [3.8, 4) is 23.0 Å². The van der Waals surface area contributed by atoms with Crippen LogP contribution in [0.3, 0.4) is 0 Å². The van der Waals surface area contributed by atoms with Gasteiger partial charge in [0.05, 0.1) is 24.5 Å². The smallest absolute Gasteiger partial charge is 0.139 e. The summed E-state index contributed by atoms with van der Waals surface area (Å²) in [5.74, 6) is 6.90. The second-order valence-corrected chi connectivity index (χ2v) is 19.5. The van der Waals surface area contributed by atoms with Gasteiger partial charge in [-0.15, -0.1) is 0 Å². The molecule has 170 valence electrons. The molecule has 3 rings (SSSR count). The van der Waals surface area contributed by atoms with Crippen LogP contribution in [0.1, 0.15) is 19.5 Å². The van der Waals surface area contributed by atoms with Crippen LogP contribution in [0.25, 0.3) is 22.0 Å². The van der Waals surface area contributed by atoms with E-state index in [4.69, 9.17) is 4.74 Å². The molecule has 0 aliphatic carbocycles. The quantitative estimate of drug-likeness (QED) is 0.318. The van der Waals surface area contributed by atoms with E-state index in [1.807, 2.05) is 35.6 Å². The Bertz CT molecular complexity index is 1130. The van der Waals surface area contributed by atoms with Crippen LogP contribution in [0.15, 0.2) is 30.9 Å². The number of pyridine rings is 1. The summed E-state index contributed by atoms with van der Waals surface area (Å²) >= 11 is 1.62. The molecule has 8 heteroatoms. The van der Waals surface area contributed by atoms with Gasteiger partial charge in [0.1, 0.15) is 18.0 Å². The largest absolute Gasteiger partial charge is 0.378 e. The summed E-state index contributed by atoms with van der Waals surface area (Å²) in [7, 11) is -1.55. The molecule has 0 radical (unpaired) electrons. The van der Waals surface area contributed by atoms with Gasteiger partial charge in [-0.1, -0.05) is 5.92 Å². The van der Waals surface area contributed by atoms with Gasteiger partial charge < -0.3 is 9.84 Å². The van der Waals surface area contributed by atoms with E-state index in [9.17, 15) is 5.11 Å². The molecule has 1 N–H and O–H groups in total. The van der Waals surface area contributed by atoms with Crippen LogP contribution < -0.4 is 0 Å². The summed E-state index contributed by atoms with van der Waals surface area (Å²) in [6.45, 7) is 4.51. The minimum atomic E-state index is -1.55. The third-order valence-corrected chi connectivity index (χ3v) is 7.31. The van der Waals surface area contributed by atoms with Crippen molar-refractivity contribution in [2.24, 2.45) is 0 Å². The molecule has 0 aliphatic rings. The summed E-state index contributed by atoms with van der Waals surface area (Å²) in [6, 6.07) is 1.97. The number of aliphatic hydroxyl groups is 1. The summed E-state index contributed by atoms with van der Waals surface area (Å²) in [4.78, 5) is 4.45. The highest BCUT2D eigenvalue weighted by molar-refractivity contribution is 8.47. The first-order valence-electron chi connectivity index (χ1n) is 10.2. The Hall–Kier alpha value is -1.92. The molecule has 0 saturated carbocycles. The molecule has 0 saturated heterocycles. The molecule has 0 fully saturated rings. The number of aromatic nitrogens is 4. The standard InChI is InChI=1S/C23H34N4O2S2/c1-23(2,28)9-8-19-12-20-21(16-27(30-3)22(20)14-24-19)18-13-25-26(15-18)17-29-10-11-31(4,5,6)7/h12-16,28,31H,10-11,17H2,1-7H3. The van der Waals surface area contributed by atoms with Crippen molar-refractivity contribution in [2.75, 3.05) is 43.6 Å². The number of rotatable bonds is 7. The van der Waals surface area contributed by atoms with Crippen LogP contribution >= 0.6 is 21.1 Å². The molecule has 0 spiro atoms. The molecule has 0 unspecified atom stereocenters. The minimum Gasteiger partial charge on any atom is -0.378 e. The topological polar surface area (TPSA) is 65.1 Å². The average molecular weight is 463 g/mol. The van der Waals surface area contributed by atoms with E-state index in [2.05, 4.69) is 57.1 Å². The predicted molar refractivity (Wildman–Crippen MR) is 137 cm³/mol. The number of nitrogens with zero attached hydrogens (tertiary/aromatic N) is 4. The van der Waals surface area contributed by atoms with Gasteiger partial charge in [0.25, 0.3) is 0 Å². The summed E-state index contributed by atoms with van der Waals surface area (Å²) in [5.41, 5.74) is 2.68. The Morgan fingerprint density at radius 1 is 1.19 bits per heavy atom. The zero-order valence-corrected chi connectivity index (χ0v) is 21.2. The molecule has 31 heavy (non-hydrogen) atoms. The van der Waals surface area contributed by atoms with Crippen LogP contribution in [0.5, 0.6) is 0 Å². The maximum Gasteiger partial charge on any atom is 0.139 e. The molecule has 3 heterocycles. The SMILES string of the molecule is CSn1cc(-c2cnn(COCC[SH](C)(C)(C)C)c2)c2cc(C#CC(C)(C)O)ncc21. The number of ether oxygens (including phenoxy) is 1. The highest BCUT2D eigenvalue weighted by atomic mass is 32.3. The lowest BCUT2D eigenvalue weighted by molar-refractivity contribution is 0.0808. The Labute approximate surface area is 189 Å². The molecule has 6 nitrogen and oxygen atoms in total. The first kappa shape index (κ1) is 23.7. The van der Waals surface area contributed by atoms with E-state index >= 15 is 0 Å². The fraction of sp³-hybridized carbons (Fsp3) is 0.478. The molecule has 0 aliphatic heterocycles. The van der Waals surface area contributed by atoms with Crippen LogP contribution in [-0.2, 0) is 11.5 Å². The fourth-order valence-corrected chi connectivity index (χ4v) is 4.34. The van der Waals surface area contributed by atoms with Gasteiger partial charge in [0, 0.05) is 35.2 Å². The predicted octanol–water partition coefficient (Wildman–Crippen LogP) is 3.71. The molecule has 0 aromatic carbocycles. The lowest BCUT2D eigenvalue weighted by Crippen LogP contribution is -2.19. The minimum absolute atomic E-state index is 0.442. The highest BCUT2D eigenvalue weighted by Gasteiger charge is 2.18. The van der Waals surface area contributed by atoms with E-state index in [0.717, 1.165) is 34.4 Å². The average Bonchev–Trinajstić information content (AvgIpc) is 3.25. The number of hydrogen-bond donors (Lipinski definition) is 2. The summed E-state index contributed by atoms with van der Waals surface area (Å²) < 4.78 is 9.80. The van der Waals surface area contributed by atoms with E-state index in [0.29, 0.717) is 12.4 Å². The van der Waals surface area contributed by atoms with E-state index in [1.54, 1.807) is 25.8 Å². The van der Waals surface area contributed by atoms with Gasteiger partial charge in [-0.3, -0.25) is 13.1 Å². The van der Waals surface area contributed by atoms with E-state index < -0.39 is 14.8 Å². The zero-order chi connectivity index (χ0) is 22.9. The van der Waals surface area contributed by atoms with Gasteiger partial charge in [-0.25, -0.2) is 9.67 Å². The molecule has 3 aromatic rings. The Morgan fingerprint density at radius 3 is 2.58 bits per heavy atom. The van der Waals surface area contributed by atoms with Crippen LogP contribution in [0.4, 0.5) is 0 Å². The summed E-state index contributed by atoms with van der Waals surface area (Å²) in [5, 5.41) is 15.4. The van der Waals surface area contributed by atoms with Gasteiger partial charge in [-0.05, 0) is 68.6 Å². The molecule has 3 aromatic heterocycles. The maximum absolute atomic E-state index is 9.89. The van der Waals surface area contributed by atoms with Gasteiger partial charge in [0.2, 0.25) is 0 Å². The number of fused-ring (bicyclic) bond motifs is 1. The maximum atomic E-state index is 9.89. The van der Waals surface area contributed by atoms with Crippen molar-refractivity contribution in [3.05, 3.63) is 36.5 Å². The normalized spacial score (nSPS) is 13.6. The van der Waals surface area contributed by atoms with Crippen LogP contribution in [0.2, 0.25) is 0 Å². The molecule has 0 bridgehead atoms. The fourth-order valence-electron chi connectivity index (χ4n) is 2.92. The van der Waals surface area contributed by atoms with Crippen molar-refractivity contribution < 1.29 is 9.84 Å². The summed E-state index contributed by atoms with van der Waals surface area (Å²) in [6.07, 6.45) is 19.3. The second-order valence-electron chi connectivity index (χ2n) is 10.4. The third-order valence-electron chi connectivity index (χ3n) is 4.65. The Balaban J connectivity index is 1.84. The van der Waals surface area contributed by atoms with E-state index in [-0.39, 0.29) is 0 Å². The number of hydrogen-bond acceptors (Lipinski definition) is 5. The van der Waals surface area contributed by atoms with Crippen molar-refractivity contribution in [1.82, 2.24) is 18.7 Å². The van der Waals surface area contributed by atoms with Gasteiger partial charge in [-0.2, -0.15) is 5.10 Å². The van der Waals surface area contributed by atoms with E-state index in [1.165, 1.54) is 0 Å². The van der Waals surface area contributed by atoms with Gasteiger partial charge in [0.15, 0.2) is 0 Å². The van der Waals surface area contributed by atoms with Crippen molar-refractivity contribution in [2.45, 2.75) is 26.2 Å². The molecular weight excluding hydrogens is 428 g/mol. The zero-order valence-electron chi connectivity index (χ0n) is 19.5.